The number of aromatic nitrogens is 2. The maximum absolute atomic E-state index is 13.8. The number of ether oxygens (including phenoxy) is 1. The smallest absolute Gasteiger partial charge is 0.277 e. The molecule has 1 atom stereocenters. The molecule has 4 rings (SSSR count). The predicted octanol–water partition coefficient (Wildman–Crippen LogP) is 3.92. The number of amides is 2. The lowest BCUT2D eigenvalue weighted by Crippen LogP contribution is -2.64. The monoisotopic (exact) mass is 446 g/mol. The summed E-state index contributed by atoms with van der Waals surface area (Å²) in [5.74, 6) is 0.180. The summed E-state index contributed by atoms with van der Waals surface area (Å²) in [6.07, 6.45) is 0. The van der Waals surface area contributed by atoms with Crippen LogP contribution in [-0.2, 0) is 23.3 Å². The van der Waals surface area contributed by atoms with Crippen LogP contribution in [0.1, 0.15) is 49.4 Å². The molecule has 33 heavy (non-hydrogen) atoms. The maximum Gasteiger partial charge on any atom is 0.277 e. The van der Waals surface area contributed by atoms with Gasteiger partial charge in [0.05, 0.1) is 19.3 Å². The summed E-state index contributed by atoms with van der Waals surface area (Å²) < 4.78 is 6.94. The van der Waals surface area contributed by atoms with Crippen molar-refractivity contribution in [2.24, 2.45) is 0 Å². The molecule has 0 aliphatic carbocycles. The number of anilines is 1. The van der Waals surface area contributed by atoms with Crippen molar-refractivity contribution < 1.29 is 14.3 Å². The average molecular weight is 447 g/mol. The minimum Gasteiger partial charge on any atom is -0.497 e. The van der Waals surface area contributed by atoms with E-state index in [9.17, 15) is 9.59 Å². The molecule has 0 saturated carbocycles. The second kappa shape index (κ2) is 8.39. The highest BCUT2D eigenvalue weighted by molar-refractivity contribution is 6.11. The summed E-state index contributed by atoms with van der Waals surface area (Å²) in [5.41, 5.74) is 1.51. The van der Waals surface area contributed by atoms with Gasteiger partial charge < -0.3 is 10.1 Å². The fourth-order valence-corrected chi connectivity index (χ4v) is 4.05. The molecule has 172 valence electrons. The molecule has 0 radical (unpaired) electrons. The first-order valence-electron chi connectivity index (χ1n) is 11.0. The van der Waals surface area contributed by atoms with E-state index < -0.39 is 5.54 Å². The van der Waals surface area contributed by atoms with E-state index in [0.717, 1.165) is 11.3 Å². The number of hydrogen-bond acceptors (Lipinski definition) is 4. The van der Waals surface area contributed by atoms with Gasteiger partial charge in [-0.15, -0.1) is 0 Å². The fraction of sp³-hybridized carbons (Fsp3) is 0.346. The molecule has 2 heterocycles. The lowest BCUT2D eigenvalue weighted by molar-refractivity contribution is -0.126. The zero-order valence-corrected chi connectivity index (χ0v) is 19.8. The normalized spacial score (nSPS) is 18.1. The largest absolute Gasteiger partial charge is 0.497 e. The Bertz CT molecular complexity index is 1160. The van der Waals surface area contributed by atoms with Gasteiger partial charge in [-0.3, -0.25) is 19.2 Å². The van der Waals surface area contributed by atoms with Crippen molar-refractivity contribution in [2.45, 2.75) is 51.7 Å². The molecule has 0 bridgehead atoms. The van der Waals surface area contributed by atoms with E-state index in [1.807, 2.05) is 36.4 Å². The standard InChI is InChI=1S/C26H30N4O3/c1-25(2,3)22-15-21-23(31)30(19-11-13-20(33-5)14-12-19)26(4,17-29(21)28-22)24(32)27-16-18-9-7-6-8-10-18/h6-15H,16-17H2,1-5H3,(H,27,32). The van der Waals surface area contributed by atoms with Crippen molar-refractivity contribution in [1.29, 1.82) is 0 Å². The number of nitrogens with one attached hydrogen (secondary N) is 1. The van der Waals surface area contributed by atoms with Crippen LogP contribution < -0.4 is 15.0 Å². The van der Waals surface area contributed by atoms with Crippen LogP contribution in [0.3, 0.4) is 0 Å². The molecule has 0 saturated heterocycles. The minimum atomic E-state index is -1.17. The van der Waals surface area contributed by atoms with Gasteiger partial charge in [0.1, 0.15) is 17.0 Å². The van der Waals surface area contributed by atoms with Crippen molar-refractivity contribution in [2.75, 3.05) is 12.0 Å². The summed E-state index contributed by atoms with van der Waals surface area (Å²) in [4.78, 5) is 28.9. The molecule has 1 unspecified atom stereocenters. The third-order valence-corrected chi connectivity index (χ3v) is 6.04. The summed E-state index contributed by atoms with van der Waals surface area (Å²) >= 11 is 0. The number of rotatable bonds is 5. The number of benzene rings is 2. The van der Waals surface area contributed by atoms with Crippen molar-refractivity contribution >= 4 is 17.5 Å². The van der Waals surface area contributed by atoms with E-state index >= 15 is 0 Å². The van der Waals surface area contributed by atoms with Crippen LogP contribution in [0.15, 0.2) is 60.7 Å². The van der Waals surface area contributed by atoms with Gasteiger partial charge in [0.25, 0.3) is 5.91 Å². The Labute approximate surface area is 194 Å². The first-order chi connectivity index (χ1) is 15.6. The quantitative estimate of drug-likeness (QED) is 0.644. The number of methoxy groups -OCH3 is 1. The van der Waals surface area contributed by atoms with Crippen molar-refractivity contribution in [3.05, 3.63) is 77.6 Å². The van der Waals surface area contributed by atoms with Crippen molar-refractivity contribution in [3.8, 4) is 5.75 Å². The molecule has 1 aliphatic heterocycles. The average Bonchev–Trinajstić information content (AvgIpc) is 3.23. The summed E-state index contributed by atoms with van der Waals surface area (Å²) in [7, 11) is 1.59. The van der Waals surface area contributed by atoms with Crippen LogP contribution in [0.25, 0.3) is 0 Å². The van der Waals surface area contributed by atoms with Crippen LogP contribution >= 0.6 is 0 Å². The Morgan fingerprint density at radius 2 is 1.79 bits per heavy atom. The number of hydrogen-bond donors (Lipinski definition) is 1. The van der Waals surface area contributed by atoms with Gasteiger partial charge >= 0.3 is 0 Å². The van der Waals surface area contributed by atoms with Gasteiger partial charge in [-0.05, 0) is 42.8 Å². The molecular formula is C26H30N4O3. The lowest BCUT2D eigenvalue weighted by Gasteiger charge is -2.43. The highest BCUT2D eigenvalue weighted by Crippen LogP contribution is 2.35. The van der Waals surface area contributed by atoms with Crippen LogP contribution in [-0.4, -0.2) is 34.2 Å². The van der Waals surface area contributed by atoms with Crippen LogP contribution in [0.4, 0.5) is 5.69 Å². The zero-order chi connectivity index (χ0) is 23.8. The second-order valence-corrected chi connectivity index (χ2v) is 9.60. The van der Waals surface area contributed by atoms with E-state index in [-0.39, 0.29) is 23.8 Å². The van der Waals surface area contributed by atoms with E-state index in [0.29, 0.717) is 23.7 Å². The molecule has 1 aromatic heterocycles. The molecular weight excluding hydrogens is 416 g/mol. The molecule has 3 aromatic rings. The van der Waals surface area contributed by atoms with E-state index in [1.165, 1.54) is 0 Å². The topological polar surface area (TPSA) is 76.5 Å². The molecule has 0 spiro atoms. The second-order valence-electron chi connectivity index (χ2n) is 9.60. The van der Waals surface area contributed by atoms with Crippen molar-refractivity contribution in [3.63, 3.8) is 0 Å². The highest BCUT2D eigenvalue weighted by atomic mass is 16.5. The SMILES string of the molecule is COc1ccc(N2C(=O)c3cc(C(C)(C)C)nn3CC2(C)C(=O)NCc2ccccc2)cc1. The van der Waals surface area contributed by atoms with Gasteiger partial charge in [0.2, 0.25) is 5.91 Å². The third-order valence-electron chi connectivity index (χ3n) is 6.04. The van der Waals surface area contributed by atoms with Gasteiger partial charge in [0.15, 0.2) is 0 Å². The first-order valence-corrected chi connectivity index (χ1v) is 11.0. The molecule has 1 N–H and O–H groups in total. The highest BCUT2D eigenvalue weighted by Gasteiger charge is 2.49. The van der Waals surface area contributed by atoms with E-state index in [1.54, 1.807) is 47.9 Å². The fourth-order valence-electron chi connectivity index (χ4n) is 4.05. The Morgan fingerprint density at radius 1 is 1.12 bits per heavy atom. The first kappa shape index (κ1) is 22.6. The lowest BCUT2D eigenvalue weighted by atomic mass is 9.91. The summed E-state index contributed by atoms with van der Waals surface area (Å²) in [5, 5.41) is 7.71. The van der Waals surface area contributed by atoms with E-state index in [2.05, 4.69) is 26.1 Å². The molecule has 7 nitrogen and oxygen atoms in total. The van der Waals surface area contributed by atoms with E-state index in [4.69, 9.17) is 9.84 Å². The number of carbonyl (C=O) groups excluding carboxylic acids is 2. The molecule has 0 fully saturated rings. The Balaban J connectivity index is 1.74. The molecule has 2 amide bonds. The minimum absolute atomic E-state index is 0.221. The number of nitrogens with zero attached hydrogens (tertiary/aromatic N) is 3. The Kier molecular flexibility index (Phi) is 5.74. The van der Waals surface area contributed by atoms with Crippen LogP contribution in [0, 0.1) is 0 Å². The Hall–Kier alpha value is -3.61. The summed E-state index contributed by atoms with van der Waals surface area (Å²) in [6, 6.07) is 18.7. The van der Waals surface area contributed by atoms with Gasteiger partial charge in [-0.1, -0.05) is 51.1 Å². The predicted molar refractivity (Wildman–Crippen MR) is 127 cm³/mol. The van der Waals surface area contributed by atoms with Crippen LogP contribution in [0.2, 0.25) is 0 Å². The third kappa shape index (κ3) is 4.23. The van der Waals surface area contributed by atoms with Gasteiger partial charge in [-0.25, -0.2) is 0 Å². The molecule has 1 aliphatic rings. The zero-order valence-electron chi connectivity index (χ0n) is 19.8. The van der Waals surface area contributed by atoms with Crippen molar-refractivity contribution in [1.82, 2.24) is 15.1 Å². The molecule has 7 heteroatoms. The maximum atomic E-state index is 13.8. The number of carbonyl (C=O) groups is 2. The molecule has 2 aromatic carbocycles. The van der Waals surface area contributed by atoms with Gasteiger partial charge in [-0.2, -0.15) is 5.10 Å². The number of fused-ring (bicyclic) bond motifs is 1. The van der Waals surface area contributed by atoms with Crippen LogP contribution in [0.5, 0.6) is 5.75 Å². The summed E-state index contributed by atoms with van der Waals surface area (Å²) in [6.45, 7) is 8.57. The Morgan fingerprint density at radius 3 is 2.39 bits per heavy atom. The van der Waals surface area contributed by atoms with Gasteiger partial charge in [0, 0.05) is 17.6 Å².